The van der Waals surface area contributed by atoms with E-state index in [-0.39, 0.29) is 39.7 Å². The van der Waals surface area contributed by atoms with E-state index in [0.29, 0.717) is 17.2 Å². The first-order chi connectivity index (χ1) is 20.0. The summed E-state index contributed by atoms with van der Waals surface area (Å²) in [5.41, 5.74) is 7.03. The Morgan fingerprint density at radius 3 is 2.50 bits per heavy atom. The molecule has 0 aliphatic rings. The number of aromatic nitrogens is 3. The maximum atomic E-state index is 14.2. The zero-order valence-corrected chi connectivity index (χ0v) is 22.8. The molecular formula is C28H21F2N5O6S. The van der Waals surface area contributed by atoms with Gasteiger partial charge in [0.15, 0.2) is 0 Å². The molecule has 2 heterocycles. The zero-order valence-electron chi connectivity index (χ0n) is 22.0. The van der Waals surface area contributed by atoms with Gasteiger partial charge in [-0.2, -0.15) is 0 Å². The normalized spacial score (nSPS) is 11.3. The van der Waals surface area contributed by atoms with Crippen LogP contribution in [0.3, 0.4) is 0 Å². The predicted octanol–water partition coefficient (Wildman–Crippen LogP) is 3.90. The van der Waals surface area contributed by atoms with E-state index in [9.17, 15) is 26.8 Å². The molecule has 42 heavy (non-hydrogen) atoms. The molecule has 0 amide bonds. The quantitative estimate of drug-likeness (QED) is 0.267. The number of rotatable bonds is 7. The second-order valence-electron chi connectivity index (χ2n) is 8.85. The number of esters is 1. The van der Waals surface area contributed by atoms with Gasteiger partial charge in [-0.25, -0.2) is 36.5 Å². The van der Waals surface area contributed by atoms with Gasteiger partial charge in [0.25, 0.3) is 15.6 Å². The summed E-state index contributed by atoms with van der Waals surface area (Å²) in [5, 5.41) is 0.163. The highest BCUT2D eigenvalue weighted by molar-refractivity contribution is 7.92. The van der Waals surface area contributed by atoms with Gasteiger partial charge >= 0.3 is 5.97 Å². The molecule has 0 saturated heterocycles. The van der Waals surface area contributed by atoms with E-state index in [0.717, 1.165) is 16.7 Å². The van der Waals surface area contributed by atoms with Crippen LogP contribution >= 0.6 is 0 Å². The predicted molar refractivity (Wildman–Crippen MR) is 150 cm³/mol. The van der Waals surface area contributed by atoms with Gasteiger partial charge in [0.1, 0.15) is 22.2 Å². The molecule has 0 bridgehead atoms. The lowest BCUT2D eigenvalue weighted by Gasteiger charge is -2.14. The summed E-state index contributed by atoms with van der Waals surface area (Å²) < 4.78 is 66.7. The molecular weight excluding hydrogens is 572 g/mol. The number of nitrogens with one attached hydrogen (secondary N) is 1. The monoisotopic (exact) mass is 593 g/mol. The molecule has 0 saturated carbocycles. The average Bonchev–Trinajstić information content (AvgIpc) is 2.96. The summed E-state index contributed by atoms with van der Waals surface area (Å²) in [7, 11) is -2.01. The summed E-state index contributed by atoms with van der Waals surface area (Å²) in [6.07, 6.45) is 1.39. The molecule has 0 spiro atoms. The highest BCUT2D eigenvalue weighted by Gasteiger charge is 2.22. The molecule has 0 aliphatic carbocycles. The largest absolute Gasteiger partial charge is 0.480 e. The number of carbonyl (C=O) groups excluding carboxylic acids is 1. The smallest absolute Gasteiger partial charge is 0.337 e. The van der Waals surface area contributed by atoms with Gasteiger partial charge in [-0.15, -0.1) is 0 Å². The third kappa shape index (κ3) is 5.22. The fraction of sp³-hybridized carbons (Fsp3) is 0.0714. The molecule has 14 heteroatoms. The summed E-state index contributed by atoms with van der Waals surface area (Å²) in [6, 6.07) is 14.3. The van der Waals surface area contributed by atoms with Gasteiger partial charge in [0.2, 0.25) is 11.8 Å². The number of hydrogen-bond acceptors (Lipinski definition) is 9. The maximum Gasteiger partial charge on any atom is 0.337 e. The maximum absolute atomic E-state index is 14.2. The number of nitrogen functional groups attached to an aromatic ring is 1. The first kappa shape index (κ1) is 28.2. The van der Waals surface area contributed by atoms with E-state index < -0.39 is 38.1 Å². The lowest BCUT2D eigenvalue weighted by Crippen LogP contribution is -2.23. The second kappa shape index (κ2) is 10.9. The van der Waals surface area contributed by atoms with Crippen molar-refractivity contribution in [2.45, 2.75) is 4.90 Å². The van der Waals surface area contributed by atoms with Gasteiger partial charge < -0.3 is 15.2 Å². The van der Waals surface area contributed by atoms with Crippen molar-refractivity contribution in [1.29, 1.82) is 0 Å². The Hall–Kier alpha value is -5.37. The number of nitrogens with two attached hydrogens (primary N) is 1. The van der Waals surface area contributed by atoms with Crippen LogP contribution in [0.1, 0.15) is 10.4 Å². The van der Waals surface area contributed by atoms with Crippen molar-refractivity contribution in [2.75, 3.05) is 24.7 Å². The minimum atomic E-state index is -4.51. The minimum Gasteiger partial charge on any atom is -0.480 e. The Morgan fingerprint density at radius 1 is 1.00 bits per heavy atom. The van der Waals surface area contributed by atoms with Crippen LogP contribution in [0.25, 0.3) is 27.7 Å². The fourth-order valence-corrected chi connectivity index (χ4v) is 5.37. The summed E-state index contributed by atoms with van der Waals surface area (Å²) in [6.45, 7) is 0. The van der Waals surface area contributed by atoms with E-state index in [1.165, 1.54) is 44.7 Å². The Morgan fingerprint density at radius 2 is 1.79 bits per heavy atom. The number of benzene rings is 3. The number of ether oxygens (including phenoxy) is 2. The highest BCUT2D eigenvalue weighted by Crippen LogP contribution is 2.31. The van der Waals surface area contributed by atoms with Crippen LogP contribution in [0, 0.1) is 11.6 Å². The number of anilines is 2. The zero-order chi connectivity index (χ0) is 30.2. The number of carbonyl (C=O) groups is 1. The molecule has 5 aromatic rings. The van der Waals surface area contributed by atoms with Gasteiger partial charge in [-0.05, 0) is 54.1 Å². The molecule has 11 nitrogen and oxygen atoms in total. The third-order valence-electron chi connectivity index (χ3n) is 6.23. The van der Waals surface area contributed by atoms with Crippen molar-refractivity contribution in [3.63, 3.8) is 0 Å². The Labute approximate surface area is 237 Å². The SMILES string of the molecule is COC(=O)c1cccc(-n2c(N)nc3ccc(-c4cnc(OC)c(NS(=O)(=O)c5ccc(F)cc5F)c4)cc3c2=O)c1. The minimum absolute atomic E-state index is 0.113. The second-order valence-corrected chi connectivity index (χ2v) is 10.5. The summed E-state index contributed by atoms with van der Waals surface area (Å²) >= 11 is 0. The number of halogens is 2. The summed E-state index contributed by atoms with van der Waals surface area (Å²) in [5.74, 6) is -3.04. The molecule has 0 aliphatic heterocycles. The number of sulfonamides is 1. The number of pyridine rings is 1. The Kier molecular flexibility index (Phi) is 7.31. The van der Waals surface area contributed by atoms with Gasteiger partial charge in [0.05, 0.1) is 36.4 Å². The van der Waals surface area contributed by atoms with Crippen molar-refractivity contribution in [1.82, 2.24) is 14.5 Å². The topological polar surface area (TPSA) is 156 Å². The summed E-state index contributed by atoms with van der Waals surface area (Å²) in [4.78, 5) is 33.3. The Bertz CT molecular complexity index is 2050. The van der Waals surface area contributed by atoms with E-state index >= 15 is 0 Å². The van der Waals surface area contributed by atoms with Crippen LogP contribution in [-0.4, -0.2) is 43.1 Å². The molecule has 0 radical (unpaired) electrons. The van der Waals surface area contributed by atoms with E-state index in [1.807, 2.05) is 0 Å². The van der Waals surface area contributed by atoms with E-state index in [1.54, 1.807) is 24.3 Å². The number of nitrogens with zero attached hydrogens (tertiary/aromatic N) is 3. The van der Waals surface area contributed by atoms with Crippen LogP contribution in [0.2, 0.25) is 0 Å². The van der Waals surface area contributed by atoms with Gasteiger partial charge in [-0.1, -0.05) is 12.1 Å². The van der Waals surface area contributed by atoms with Crippen LogP contribution < -0.4 is 20.8 Å². The van der Waals surface area contributed by atoms with E-state index in [4.69, 9.17) is 15.2 Å². The molecule has 214 valence electrons. The molecule has 3 aromatic carbocycles. The van der Waals surface area contributed by atoms with Gasteiger partial charge in [0, 0.05) is 17.8 Å². The lowest BCUT2D eigenvalue weighted by molar-refractivity contribution is 0.0600. The lowest BCUT2D eigenvalue weighted by atomic mass is 10.0. The molecule has 3 N–H and O–H groups in total. The molecule has 0 fully saturated rings. The van der Waals surface area contributed by atoms with Crippen LogP contribution in [0.15, 0.2) is 82.6 Å². The van der Waals surface area contributed by atoms with Gasteiger partial charge in [-0.3, -0.25) is 9.52 Å². The molecule has 2 aromatic heterocycles. The third-order valence-corrected chi connectivity index (χ3v) is 7.62. The van der Waals surface area contributed by atoms with Crippen LogP contribution in [0.4, 0.5) is 20.4 Å². The van der Waals surface area contributed by atoms with E-state index in [2.05, 4.69) is 14.7 Å². The van der Waals surface area contributed by atoms with Crippen LogP contribution in [-0.2, 0) is 14.8 Å². The first-order valence-corrected chi connectivity index (χ1v) is 13.5. The van der Waals surface area contributed by atoms with Crippen LogP contribution in [0.5, 0.6) is 5.88 Å². The van der Waals surface area contributed by atoms with Crippen molar-refractivity contribution in [2.24, 2.45) is 0 Å². The average molecular weight is 594 g/mol. The molecule has 0 atom stereocenters. The fourth-order valence-electron chi connectivity index (χ4n) is 4.26. The first-order valence-electron chi connectivity index (χ1n) is 12.1. The van der Waals surface area contributed by atoms with Crippen molar-refractivity contribution < 1.29 is 31.5 Å². The Balaban J connectivity index is 1.59. The number of methoxy groups -OCH3 is 2. The molecule has 5 rings (SSSR count). The van der Waals surface area contributed by atoms with Crippen molar-refractivity contribution in [3.05, 3.63) is 100 Å². The van der Waals surface area contributed by atoms with Crippen molar-refractivity contribution in [3.8, 4) is 22.7 Å². The number of fused-ring (bicyclic) bond motifs is 1. The molecule has 0 unspecified atom stereocenters. The number of hydrogen-bond donors (Lipinski definition) is 2. The highest BCUT2D eigenvalue weighted by atomic mass is 32.2. The standard InChI is InChI=1S/C28H21F2N5O6S/c1-40-25-23(34-42(38,39)24-9-7-18(29)13-21(24)30)12-17(14-32-25)15-6-8-22-20(11-15)26(36)35(28(31)33-22)19-5-3-4-16(10-19)27(37)41-2/h3-14,34H,1-2H3,(H2,31,33). The van der Waals surface area contributed by atoms with Crippen molar-refractivity contribution >= 4 is 38.5 Å².